The van der Waals surface area contributed by atoms with Gasteiger partial charge in [-0.2, -0.15) is 0 Å². The number of nitrogens with one attached hydrogen (secondary N) is 3. The molecule has 0 bridgehead atoms. The Morgan fingerprint density at radius 3 is 2.75 bits per heavy atom. The molecule has 130 valence electrons. The van der Waals surface area contributed by atoms with E-state index in [1.54, 1.807) is 6.92 Å². The van der Waals surface area contributed by atoms with Crippen LogP contribution in [-0.2, 0) is 11.3 Å². The number of carbonyl (C=O) groups excluding carboxylic acids is 2. The fraction of sp³-hybridized carbons (Fsp3) is 0.529. The molecule has 7 heteroatoms. The first-order chi connectivity index (χ1) is 11.6. The number of fused-ring (bicyclic) bond motifs is 1. The maximum atomic E-state index is 12.1. The number of hydrogen-bond acceptors (Lipinski definition) is 4. The Bertz CT molecular complexity index is 614. The number of hydrogen-bond donors (Lipinski definition) is 3. The number of ether oxygens (including phenoxy) is 2. The van der Waals surface area contributed by atoms with Gasteiger partial charge in [0.25, 0.3) is 0 Å². The van der Waals surface area contributed by atoms with Crippen LogP contribution in [0.5, 0.6) is 11.5 Å². The fourth-order valence-corrected chi connectivity index (χ4v) is 2.94. The standard InChI is InChI=1S/C17H23N3O4/c1-11(16(21)20-13-4-2-3-5-13)19-17(22)18-9-12-6-7-14-15(8-12)24-10-23-14/h6-8,11,13H,2-5,9-10H2,1H3,(H,20,21)(H2,18,19,22). The molecule has 0 spiro atoms. The lowest BCUT2D eigenvalue weighted by Crippen LogP contribution is -2.50. The van der Waals surface area contributed by atoms with Crippen molar-refractivity contribution in [3.05, 3.63) is 23.8 Å². The van der Waals surface area contributed by atoms with Crippen molar-refractivity contribution in [3.8, 4) is 11.5 Å². The molecule has 0 saturated heterocycles. The van der Waals surface area contributed by atoms with E-state index in [1.807, 2.05) is 18.2 Å². The summed E-state index contributed by atoms with van der Waals surface area (Å²) < 4.78 is 10.5. The summed E-state index contributed by atoms with van der Waals surface area (Å²) in [6.07, 6.45) is 4.36. The quantitative estimate of drug-likeness (QED) is 0.765. The first-order valence-corrected chi connectivity index (χ1v) is 8.35. The second-order valence-electron chi connectivity index (χ2n) is 6.23. The highest BCUT2D eigenvalue weighted by Crippen LogP contribution is 2.32. The fourth-order valence-electron chi connectivity index (χ4n) is 2.94. The molecule has 2 aliphatic rings. The maximum absolute atomic E-state index is 12.1. The number of benzene rings is 1. The highest BCUT2D eigenvalue weighted by molar-refractivity contribution is 5.86. The molecule has 24 heavy (non-hydrogen) atoms. The number of carbonyl (C=O) groups is 2. The van der Waals surface area contributed by atoms with E-state index in [0.29, 0.717) is 18.0 Å². The van der Waals surface area contributed by atoms with E-state index < -0.39 is 6.04 Å². The normalized spacial score (nSPS) is 17.4. The van der Waals surface area contributed by atoms with Gasteiger partial charge in [-0.15, -0.1) is 0 Å². The number of amides is 3. The first kappa shape index (κ1) is 16.4. The topological polar surface area (TPSA) is 88.7 Å². The Balaban J connectivity index is 1.42. The molecule has 1 aromatic rings. The largest absolute Gasteiger partial charge is 0.454 e. The van der Waals surface area contributed by atoms with Gasteiger partial charge in [0.2, 0.25) is 12.7 Å². The Morgan fingerprint density at radius 2 is 1.96 bits per heavy atom. The Morgan fingerprint density at radius 1 is 1.21 bits per heavy atom. The van der Waals surface area contributed by atoms with E-state index in [1.165, 1.54) is 0 Å². The summed E-state index contributed by atoms with van der Waals surface area (Å²) >= 11 is 0. The molecule has 3 rings (SSSR count). The summed E-state index contributed by atoms with van der Waals surface area (Å²) in [6.45, 7) is 2.25. The lowest BCUT2D eigenvalue weighted by atomic mass is 10.2. The lowest BCUT2D eigenvalue weighted by Gasteiger charge is -2.18. The van der Waals surface area contributed by atoms with Crippen LogP contribution in [0.4, 0.5) is 4.79 Å². The molecule has 0 radical (unpaired) electrons. The minimum atomic E-state index is -0.567. The minimum absolute atomic E-state index is 0.139. The second kappa shape index (κ2) is 7.42. The van der Waals surface area contributed by atoms with E-state index in [0.717, 1.165) is 31.2 Å². The van der Waals surface area contributed by atoms with Gasteiger partial charge in [0.05, 0.1) is 0 Å². The van der Waals surface area contributed by atoms with Crippen molar-refractivity contribution in [1.29, 1.82) is 0 Å². The van der Waals surface area contributed by atoms with Gasteiger partial charge in [-0.1, -0.05) is 18.9 Å². The summed E-state index contributed by atoms with van der Waals surface area (Å²) in [4.78, 5) is 24.0. The Hall–Kier alpha value is -2.44. The molecule has 7 nitrogen and oxygen atoms in total. The lowest BCUT2D eigenvalue weighted by molar-refractivity contribution is -0.123. The predicted molar refractivity (Wildman–Crippen MR) is 87.8 cm³/mol. The molecule has 1 heterocycles. The summed E-state index contributed by atoms with van der Waals surface area (Å²) in [5.41, 5.74) is 0.900. The van der Waals surface area contributed by atoms with Gasteiger partial charge in [0.1, 0.15) is 6.04 Å². The summed E-state index contributed by atoms with van der Waals surface area (Å²) in [6, 6.07) is 4.82. The zero-order valence-corrected chi connectivity index (χ0v) is 13.8. The van der Waals surface area contributed by atoms with Crippen LogP contribution >= 0.6 is 0 Å². The molecule has 1 aliphatic carbocycles. The van der Waals surface area contributed by atoms with E-state index in [9.17, 15) is 9.59 Å². The van der Waals surface area contributed by atoms with Crippen molar-refractivity contribution in [2.24, 2.45) is 0 Å². The van der Waals surface area contributed by atoms with Crippen molar-refractivity contribution in [1.82, 2.24) is 16.0 Å². The van der Waals surface area contributed by atoms with Crippen LogP contribution in [0.25, 0.3) is 0 Å². The van der Waals surface area contributed by atoms with Gasteiger partial charge < -0.3 is 25.4 Å². The average molecular weight is 333 g/mol. The van der Waals surface area contributed by atoms with Crippen molar-refractivity contribution in [2.45, 2.75) is 51.2 Å². The van der Waals surface area contributed by atoms with Crippen LogP contribution < -0.4 is 25.4 Å². The van der Waals surface area contributed by atoms with Crippen LogP contribution in [0.15, 0.2) is 18.2 Å². The van der Waals surface area contributed by atoms with Crippen molar-refractivity contribution < 1.29 is 19.1 Å². The second-order valence-corrected chi connectivity index (χ2v) is 6.23. The van der Waals surface area contributed by atoms with E-state index >= 15 is 0 Å². The molecule has 0 aromatic heterocycles. The molecule has 1 atom stereocenters. The van der Waals surface area contributed by atoms with Crippen LogP contribution in [0.3, 0.4) is 0 Å². The molecule has 3 amide bonds. The zero-order chi connectivity index (χ0) is 16.9. The molecule has 3 N–H and O–H groups in total. The van der Waals surface area contributed by atoms with Crippen molar-refractivity contribution >= 4 is 11.9 Å². The van der Waals surface area contributed by atoms with Gasteiger partial charge in [-0.25, -0.2) is 4.79 Å². The van der Waals surface area contributed by atoms with Gasteiger partial charge in [0, 0.05) is 12.6 Å². The van der Waals surface area contributed by atoms with Gasteiger partial charge >= 0.3 is 6.03 Å². The highest BCUT2D eigenvalue weighted by Gasteiger charge is 2.21. The highest BCUT2D eigenvalue weighted by atomic mass is 16.7. The zero-order valence-electron chi connectivity index (χ0n) is 13.8. The van der Waals surface area contributed by atoms with Crippen LogP contribution in [0.1, 0.15) is 38.2 Å². The average Bonchev–Trinajstić information content (AvgIpc) is 3.23. The predicted octanol–water partition coefficient (Wildman–Crippen LogP) is 1.66. The Kier molecular flexibility index (Phi) is 5.08. The van der Waals surface area contributed by atoms with Crippen LogP contribution in [0.2, 0.25) is 0 Å². The molecule has 1 aromatic carbocycles. The van der Waals surface area contributed by atoms with Gasteiger partial charge in [-0.05, 0) is 37.5 Å². The molecular weight excluding hydrogens is 310 g/mol. The maximum Gasteiger partial charge on any atom is 0.315 e. The van der Waals surface area contributed by atoms with Crippen molar-refractivity contribution in [3.63, 3.8) is 0 Å². The molecule has 1 unspecified atom stereocenters. The molecule has 1 aliphatic heterocycles. The Labute approximate surface area is 141 Å². The third kappa shape index (κ3) is 4.10. The SMILES string of the molecule is CC(NC(=O)NCc1ccc2c(c1)OCO2)C(=O)NC1CCCC1. The minimum Gasteiger partial charge on any atom is -0.454 e. The molecular formula is C17H23N3O4. The van der Waals surface area contributed by atoms with Gasteiger partial charge in [-0.3, -0.25) is 4.79 Å². The molecule has 1 saturated carbocycles. The van der Waals surface area contributed by atoms with Crippen LogP contribution in [-0.4, -0.2) is 30.8 Å². The summed E-state index contributed by atoms with van der Waals surface area (Å²) in [5, 5.41) is 8.38. The van der Waals surface area contributed by atoms with E-state index in [4.69, 9.17) is 9.47 Å². The summed E-state index contributed by atoms with van der Waals surface area (Å²) in [7, 11) is 0. The van der Waals surface area contributed by atoms with E-state index in [-0.39, 0.29) is 24.8 Å². The monoisotopic (exact) mass is 333 g/mol. The molecule has 1 fully saturated rings. The van der Waals surface area contributed by atoms with Crippen molar-refractivity contribution in [2.75, 3.05) is 6.79 Å². The van der Waals surface area contributed by atoms with E-state index in [2.05, 4.69) is 16.0 Å². The third-order valence-electron chi connectivity index (χ3n) is 4.33. The first-order valence-electron chi connectivity index (χ1n) is 8.35. The third-order valence-corrected chi connectivity index (χ3v) is 4.33. The number of urea groups is 1. The smallest absolute Gasteiger partial charge is 0.315 e. The van der Waals surface area contributed by atoms with Gasteiger partial charge in [0.15, 0.2) is 11.5 Å². The number of rotatable bonds is 5. The summed E-state index contributed by atoms with van der Waals surface area (Å²) in [5.74, 6) is 1.25. The van der Waals surface area contributed by atoms with Crippen LogP contribution in [0, 0.1) is 0 Å².